The van der Waals surface area contributed by atoms with Gasteiger partial charge >= 0.3 is 0 Å². The van der Waals surface area contributed by atoms with Crippen molar-refractivity contribution in [2.24, 2.45) is 5.73 Å². The maximum absolute atomic E-state index is 12.9. The average Bonchev–Trinajstić information content (AvgIpc) is 3.33. The Morgan fingerprint density at radius 3 is 3.00 bits per heavy atom. The third-order valence-electron chi connectivity index (χ3n) is 5.17. The average molecular weight is 430 g/mol. The molecule has 0 saturated carbocycles. The van der Waals surface area contributed by atoms with Crippen LogP contribution in [0.3, 0.4) is 0 Å². The van der Waals surface area contributed by atoms with Gasteiger partial charge in [0.25, 0.3) is 5.91 Å². The highest BCUT2D eigenvalue weighted by Crippen LogP contribution is 2.31. The number of thioether (sulfide) groups is 1. The van der Waals surface area contributed by atoms with E-state index in [4.69, 9.17) is 5.73 Å². The topological polar surface area (TPSA) is 113 Å². The number of hydrogen-bond acceptors (Lipinski definition) is 7. The van der Waals surface area contributed by atoms with E-state index in [9.17, 15) is 4.79 Å². The molecule has 1 aromatic carbocycles. The van der Waals surface area contributed by atoms with Gasteiger partial charge in [-0.25, -0.2) is 15.0 Å². The number of aromatic nitrogens is 4. The van der Waals surface area contributed by atoms with Crippen LogP contribution >= 0.6 is 24.2 Å². The summed E-state index contributed by atoms with van der Waals surface area (Å²) in [5.41, 5.74) is 10.0. The van der Waals surface area contributed by atoms with Crippen molar-refractivity contribution in [1.82, 2.24) is 25.3 Å². The maximum Gasteiger partial charge on any atom is 0.259 e. The molecule has 0 fully saturated rings. The summed E-state index contributed by atoms with van der Waals surface area (Å²) in [4.78, 5) is 31.3. The smallest absolute Gasteiger partial charge is 0.259 e. The van der Waals surface area contributed by atoms with Crippen LogP contribution in [0.15, 0.2) is 48.0 Å². The number of hydrogen-bond donors (Lipinski definition) is 3. The van der Waals surface area contributed by atoms with E-state index in [-0.39, 0.29) is 30.4 Å². The van der Waals surface area contributed by atoms with Crippen molar-refractivity contribution in [2.75, 3.05) is 17.2 Å². The summed E-state index contributed by atoms with van der Waals surface area (Å²) in [6.07, 6.45) is 5.69. The normalized spacial score (nSPS) is 20.7. The van der Waals surface area contributed by atoms with E-state index in [1.165, 1.54) is 11.9 Å². The van der Waals surface area contributed by atoms with Crippen LogP contribution < -0.4 is 16.0 Å². The molecule has 10 heteroatoms. The van der Waals surface area contributed by atoms with Gasteiger partial charge in [-0.1, -0.05) is 24.3 Å². The molecule has 8 nitrogen and oxygen atoms in total. The SMILES string of the molecule is Cl.N[C@@H]1c2ccccc2C[C@H]1NC(=O)C1=CN(c2ncnc3nc[nH]c23)CCS1. The number of nitrogens with one attached hydrogen (secondary N) is 2. The Labute approximate surface area is 177 Å². The molecular formula is C19H20ClN7OS. The molecule has 1 aliphatic heterocycles. The number of H-pyrrole nitrogens is 1. The second-order valence-electron chi connectivity index (χ2n) is 6.84. The van der Waals surface area contributed by atoms with Gasteiger partial charge in [0, 0.05) is 18.5 Å². The molecule has 150 valence electrons. The third kappa shape index (κ3) is 3.57. The Balaban J connectivity index is 0.00000205. The molecule has 2 aromatic heterocycles. The zero-order valence-electron chi connectivity index (χ0n) is 15.4. The van der Waals surface area contributed by atoms with E-state index in [1.807, 2.05) is 29.3 Å². The van der Waals surface area contributed by atoms with Gasteiger partial charge in [-0.05, 0) is 17.5 Å². The highest BCUT2D eigenvalue weighted by molar-refractivity contribution is 8.04. The van der Waals surface area contributed by atoms with E-state index in [0.717, 1.165) is 35.6 Å². The number of rotatable bonds is 3. The molecule has 0 bridgehead atoms. The minimum atomic E-state index is -0.183. The van der Waals surface area contributed by atoms with E-state index in [2.05, 4.69) is 31.3 Å². The molecular weight excluding hydrogens is 410 g/mol. The van der Waals surface area contributed by atoms with Crippen molar-refractivity contribution in [3.05, 3.63) is 59.2 Å². The number of carbonyl (C=O) groups is 1. The summed E-state index contributed by atoms with van der Waals surface area (Å²) >= 11 is 1.54. The first-order valence-corrected chi connectivity index (χ1v) is 10.1. The Morgan fingerprint density at radius 2 is 2.14 bits per heavy atom. The number of aromatic amines is 1. The fraction of sp³-hybridized carbons (Fsp3) is 0.263. The van der Waals surface area contributed by atoms with E-state index < -0.39 is 0 Å². The van der Waals surface area contributed by atoms with Crippen molar-refractivity contribution in [3.63, 3.8) is 0 Å². The van der Waals surface area contributed by atoms with Gasteiger partial charge < -0.3 is 20.9 Å². The maximum atomic E-state index is 12.9. The summed E-state index contributed by atoms with van der Waals surface area (Å²) in [6, 6.07) is 7.82. The second-order valence-corrected chi connectivity index (χ2v) is 7.98. The molecule has 3 heterocycles. The van der Waals surface area contributed by atoms with Crippen LogP contribution in [-0.2, 0) is 11.2 Å². The van der Waals surface area contributed by atoms with Crippen molar-refractivity contribution >= 4 is 47.1 Å². The van der Waals surface area contributed by atoms with Gasteiger partial charge in [0.15, 0.2) is 11.5 Å². The standard InChI is InChI=1S/C19H19N7OS.ClH/c20-15-12-4-2-1-3-11(12)7-13(15)25-19(27)14-8-26(5-6-28-14)18-16-17(22-9-21-16)23-10-24-18;/h1-4,8-10,13,15H,5-7,20H2,(H,25,27)(H,21,22,23,24);1H/t13-,15-;/m1./s1. The number of anilines is 1. The van der Waals surface area contributed by atoms with Crippen LogP contribution in [0.2, 0.25) is 0 Å². The van der Waals surface area contributed by atoms with E-state index in [1.54, 1.807) is 18.1 Å². The van der Waals surface area contributed by atoms with Crippen molar-refractivity contribution in [2.45, 2.75) is 18.5 Å². The number of nitrogens with two attached hydrogens (primary N) is 1. The van der Waals surface area contributed by atoms with Crippen LogP contribution in [0.1, 0.15) is 17.2 Å². The Hall–Kier alpha value is -2.62. The molecule has 0 saturated heterocycles. The van der Waals surface area contributed by atoms with Crippen LogP contribution in [0.25, 0.3) is 11.2 Å². The third-order valence-corrected chi connectivity index (χ3v) is 6.15. The minimum absolute atomic E-state index is 0. The minimum Gasteiger partial charge on any atom is -0.347 e. The molecule has 2 aliphatic rings. The Morgan fingerprint density at radius 1 is 1.28 bits per heavy atom. The lowest BCUT2D eigenvalue weighted by molar-refractivity contribution is -0.117. The largest absolute Gasteiger partial charge is 0.347 e. The molecule has 0 unspecified atom stereocenters. The molecule has 1 amide bonds. The molecule has 29 heavy (non-hydrogen) atoms. The molecule has 2 atom stereocenters. The van der Waals surface area contributed by atoms with Crippen molar-refractivity contribution in [3.8, 4) is 0 Å². The summed E-state index contributed by atoms with van der Waals surface area (Å²) in [5.74, 6) is 1.41. The number of nitrogens with zero attached hydrogens (tertiary/aromatic N) is 4. The van der Waals surface area contributed by atoms with E-state index in [0.29, 0.717) is 10.6 Å². The lowest BCUT2D eigenvalue weighted by Gasteiger charge is -2.26. The zero-order chi connectivity index (χ0) is 19.1. The second kappa shape index (κ2) is 8.02. The van der Waals surface area contributed by atoms with Crippen molar-refractivity contribution < 1.29 is 4.79 Å². The van der Waals surface area contributed by atoms with Crippen LogP contribution in [0.4, 0.5) is 5.82 Å². The molecule has 1 aliphatic carbocycles. The highest BCUT2D eigenvalue weighted by atomic mass is 35.5. The number of halogens is 1. The summed E-state index contributed by atoms with van der Waals surface area (Å²) < 4.78 is 0. The number of benzene rings is 1. The first-order chi connectivity index (χ1) is 13.7. The predicted molar refractivity (Wildman–Crippen MR) is 116 cm³/mol. The molecule has 0 radical (unpaired) electrons. The van der Waals surface area contributed by atoms with Crippen molar-refractivity contribution in [1.29, 1.82) is 0 Å². The number of carbonyl (C=O) groups excluding carboxylic acids is 1. The van der Waals surface area contributed by atoms with Gasteiger partial charge in [-0.15, -0.1) is 24.2 Å². The Bertz CT molecular complexity index is 1090. The van der Waals surface area contributed by atoms with E-state index >= 15 is 0 Å². The van der Waals surface area contributed by atoms with Gasteiger partial charge in [0.1, 0.15) is 11.8 Å². The summed E-state index contributed by atoms with van der Waals surface area (Å²) in [6.45, 7) is 0.751. The predicted octanol–water partition coefficient (Wildman–Crippen LogP) is 1.91. The molecule has 5 rings (SSSR count). The van der Waals surface area contributed by atoms with Crippen LogP contribution in [0.5, 0.6) is 0 Å². The van der Waals surface area contributed by atoms with Gasteiger partial charge in [-0.2, -0.15) is 0 Å². The van der Waals surface area contributed by atoms with Crippen LogP contribution in [-0.4, -0.2) is 44.2 Å². The first-order valence-electron chi connectivity index (χ1n) is 9.10. The molecule has 3 aromatic rings. The Kier molecular flexibility index (Phi) is 5.44. The molecule has 0 spiro atoms. The van der Waals surface area contributed by atoms with Gasteiger partial charge in [0.05, 0.1) is 23.3 Å². The lowest BCUT2D eigenvalue weighted by atomic mass is 10.1. The number of imidazole rings is 1. The number of amides is 1. The van der Waals surface area contributed by atoms with Crippen LogP contribution in [0, 0.1) is 0 Å². The van der Waals surface area contributed by atoms with Gasteiger partial charge in [-0.3, -0.25) is 4.79 Å². The fourth-order valence-electron chi connectivity index (χ4n) is 3.76. The molecule has 4 N–H and O–H groups in total. The number of fused-ring (bicyclic) bond motifs is 2. The summed E-state index contributed by atoms with van der Waals surface area (Å²) in [5, 5.41) is 3.12. The lowest BCUT2D eigenvalue weighted by Crippen LogP contribution is -2.42. The monoisotopic (exact) mass is 429 g/mol. The quantitative estimate of drug-likeness (QED) is 0.582. The highest BCUT2D eigenvalue weighted by Gasteiger charge is 2.31. The zero-order valence-corrected chi connectivity index (χ0v) is 17.0. The summed E-state index contributed by atoms with van der Waals surface area (Å²) in [7, 11) is 0. The van der Waals surface area contributed by atoms with Gasteiger partial charge in [0.2, 0.25) is 0 Å². The first kappa shape index (κ1) is 19.7. The fourth-order valence-corrected chi connectivity index (χ4v) is 4.66.